The normalized spacial score (nSPS) is 11.3. The number of hydrogen-bond acceptors (Lipinski definition) is 5. The van der Waals surface area contributed by atoms with Gasteiger partial charge in [-0.2, -0.15) is 0 Å². The highest BCUT2D eigenvalue weighted by Gasteiger charge is 2.16. The van der Waals surface area contributed by atoms with Crippen molar-refractivity contribution in [3.8, 4) is 0 Å². The van der Waals surface area contributed by atoms with E-state index in [1.165, 1.54) is 0 Å². The molecule has 0 aromatic carbocycles. The zero-order valence-corrected chi connectivity index (χ0v) is 10.1. The van der Waals surface area contributed by atoms with Gasteiger partial charge in [-0.1, -0.05) is 6.92 Å². The third-order valence-corrected chi connectivity index (χ3v) is 3.16. The molecule has 0 fully saturated rings. The molecule has 0 saturated carbocycles. The molecule has 0 aliphatic heterocycles. The van der Waals surface area contributed by atoms with E-state index in [-0.39, 0.29) is 12.4 Å². The Bertz CT molecular complexity index is 274. The van der Waals surface area contributed by atoms with Crippen molar-refractivity contribution in [3.63, 3.8) is 0 Å². The summed E-state index contributed by atoms with van der Waals surface area (Å²) in [5.41, 5.74) is 0. The van der Waals surface area contributed by atoms with Crippen LogP contribution in [0.3, 0.4) is 0 Å². The summed E-state index contributed by atoms with van der Waals surface area (Å²) in [6.07, 6.45) is 0.956. The van der Waals surface area contributed by atoms with E-state index < -0.39 is 21.6 Å². The lowest BCUT2D eigenvalue weighted by Crippen LogP contribution is -2.28. The topological polar surface area (TPSA) is 72.5 Å². The number of carbonyl (C=O) groups excluding carboxylic acids is 1. The molecule has 5 nitrogen and oxygen atoms in total. The van der Waals surface area contributed by atoms with E-state index in [2.05, 4.69) is 10.1 Å². The van der Waals surface area contributed by atoms with Crippen LogP contribution >= 0.6 is 0 Å². The lowest BCUT2D eigenvalue weighted by atomic mass is 10.5. The van der Waals surface area contributed by atoms with E-state index >= 15 is 0 Å². The second-order valence-corrected chi connectivity index (χ2v) is 5.33. The first-order valence-electron chi connectivity index (χ1n) is 5.08. The largest absolute Gasteiger partial charge is 0.465 e. The van der Waals surface area contributed by atoms with Crippen LogP contribution in [-0.2, 0) is 19.4 Å². The molecule has 90 valence electrons. The van der Waals surface area contributed by atoms with E-state index in [0.29, 0.717) is 6.54 Å². The van der Waals surface area contributed by atoms with Gasteiger partial charge in [-0.15, -0.1) is 0 Å². The molecule has 0 aliphatic carbocycles. The Balaban J connectivity index is 3.82. The Morgan fingerprint density at radius 3 is 2.47 bits per heavy atom. The fourth-order valence-electron chi connectivity index (χ4n) is 0.984. The molecule has 0 bridgehead atoms. The molecule has 0 amide bonds. The Morgan fingerprint density at radius 2 is 1.93 bits per heavy atom. The maximum Gasteiger partial charge on any atom is 0.321 e. The third kappa shape index (κ3) is 8.38. The van der Waals surface area contributed by atoms with Crippen LogP contribution in [0.1, 0.15) is 20.3 Å². The summed E-state index contributed by atoms with van der Waals surface area (Å²) in [6.45, 7) is 5.03. The lowest BCUT2D eigenvalue weighted by Gasteiger charge is -2.05. The van der Waals surface area contributed by atoms with E-state index in [4.69, 9.17) is 0 Å². The van der Waals surface area contributed by atoms with E-state index in [1.807, 2.05) is 6.92 Å². The minimum Gasteiger partial charge on any atom is -0.465 e. The number of rotatable bonds is 8. The fourth-order valence-corrected chi connectivity index (χ4v) is 2.03. The molecule has 15 heavy (non-hydrogen) atoms. The minimum absolute atomic E-state index is 0.0220. The maximum atomic E-state index is 11.3. The molecule has 1 N–H and O–H groups in total. The summed E-state index contributed by atoms with van der Waals surface area (Å²) >= 11 is 0. The summed E-state index contributed by atoms with van der Waals surface area (Å²) in [5, 5.41) is 2.97. The predicted octanol–water partition coefficient (Wildman–Crippen LogP) is -0.0361. The average molecular weight is 237 g/mol. The molecule has 0 rings (SSSR count). The fraction of sp³-hybridized carbons (Fsp3) is 0.889. The molecule has 0 unspecified atom stereocenters. The molecule has 0 heterocycles. The zero-order chi connectivity index (χ0) is 11.7. The van der Waals surface area contributed by atoms with Crippen LogP contribution in [-0.4, -0.2) is 45.6 Å². The molecule has 0 spiro atoms. The van der Waals surface area contributed by atoms with Crippen molar-refractivity contribution < 1.29 is 17.9 Å². The highest BCUT2D eigenvalue weighted by molar-refractivity contribution is 7.92. The number of esters is 1. The van der Waals surface area contributed by atoms with Crippen molar-refractivity contribution in [2.45, 2.75) is 20.3 Å². The van der Waals surface area contributed by atoms with Crippen molar-refractivity contribution in [3.05, 3.63) is 0 Å². The van der Waals surface area contributed by atoms with Gasteiger partial charge in [0.05, 0.1) is 12.4 Å². The molecule has 0 aromatic heterocycles. The highest BCUT2D eigenvalue weighted by Crippen LogP contribution is 1.92. The Labute approximate surface area is 91.1 Å². The van der Waals surface area contributed by atoms with Crippen molar-refractivity contribution in [1.29, 1.82) is 0 Å². The molecule has 0 radical (unpaired) electrons. The summed E-state index contributed by atoms with van der Waals surface area (Å²) < 4.78 is 27.2. The smallest absolute Gasteiger partial charge is 0.321 e. The Kier molecular flexibility index (Phi) is 7.33. The van der Waals surface area contributed by atoms with Crippen molar-refractivity contribution in [2.24, 2.45) is 0 Å². The Hall–Kier alpha value is -0.620. The average Bonchev–Trinajstić information content (AvgIpc) is 2.12. The van der Waals surface area contributed by atoms with Crippen LogP contribution < -0.4 is 5.32 Å². The van der Waals surface area contributed by atoms with Crippen LogP contribution in [0.4, 0.5) is 0 Å². The summed E-state index contributed by atoms with van der Waals surface area (Å²) in [7, 11) is -3.32. The van der Waals surface area contributed by atoms with Crippen LogP contribution in [0.25, 0.3) is 0 Å². The maximum absolute atomic E-state index is 11.3. The summed E-state index contributed by atoms with van der Waals surface area (Å²) in [4.78, 5) is 10.9. The number of carbonyl (C=O) groups is 1. The van der Waals surface area contributed by atoms with Gasteiger partial charge in [-0.3, -0.25) is 4.79 Å². The molecule has 0 aliphatic rings. The molecular weight excluding hydrogens is 218 g/mol. The quantitative estimate of drug-likeness (QED) is 0.474. The molecule has 0 saturated heterocycles. The predicted molar refractivity (Wildman–Crippen MR) is 58.4 cm³/mol. The monoisotopic (exact) mass is 237 g/mol. The molecular formula is C9H19NO4S. The van der Waals surface area contributed by atoms with E-state index in [9.17, 15) is 13.2 Å². The highest BCUT2D eigenvalue weighted by atomic mass is 32.2. The summed E-state index contributed by atoms with van der Waals surface area (Å²) in [6, 6.07) is 0. The van der Waals surface area contributed by atoms with E-state index in [1.54, 1.807) is 6.92 Å². The first-order chi connectivity index (χ1) is 7.02. The number of nitrogens with one attached hydrogen (secondary N) is 1. The SMILES string of the molecule is CCCNCCS(=O)(=O)CC(=O)OCC. The van der Waals surface area contributed by atoms with Crippen LogP contribution in [0, 0.1) is 0 Å². The van der Waals surface area contributed by atoms with Gasteiger partial charge in [0.1, 0.15) is 5.75 Å². The van der Waals surface area contributed by atoms with E-state index in [0.717, 1.165) is 13.0 Å². The first kappa shape index (κ1) is 14.4. The second kappa shape index (κ2) is 7.64. The lowest BCUT2D eigenvalue weighted by molar-refractivity contribution is -0.139. The minimum atomic E-state index is -3.32. The first-order valence-corrected chi connectivity index (χ1v) is 6.90. The van der Waals surface area contributed by atoms with Crippen molar-refractivity contribution >= 4 is 15.8 Å². The van der Waals surface area contributed by atoms with Gasteiger partial charge in [0.2, 0.25) is 0 Å². The van der Waals surface area contributed by atoms with Gasteiger partial charge in [0, 0.05) is 6.54 Å². The molecule has 0 atom stereocenters. The number of hydrogen-bond donors (Lipinski definition) is 1. The third-order valence-electron chi connectivity index (χ3n) is 1.66. The number of ether oxygens (including phenoxy) is 1. The van der Waals surface area contributed by atoms with Crippen molar-refractivity contribution in [1.82, 2.24) is 5.32 Å². The van der Waals surface area contributed by atoms with Gasteiger partial charge in [0.25, 0.3) is 0 Å². The molecule has 6 heteroatoms. The second-order valence-electron chi connectivity index (χ2n) is 3.15. The molecule has 0 aromatic rings. The van der Waals surface area contributed by atoms with Gasteiger partial charge in [-0.25, -0.2) is 8.42 Å². The van der Waals surface area contributed by atoms with Gasteiger partial charge >= 0.3 is 5.97 Å². The standard InChI is InChI=1S/C9H19NO4S/c1-3-5-10-6-7-15(12,13)8-9(11)14-4-2/h10H,3-8H2,1-2H3. The Morgan fingerprint density at radius 1 is 1.27 bits per heavy atom. The van der Waals surface area contributed by atoms with Crippen LogP contribution in [0.2, 0.25) is 0 Å². The zero-order valence-electron chi connectivity index (χ0n) is 9.28. The number of sulfone groups is 1. The van der Waals surface area contributed by atoms with Crippen LogP contribution in [0.15, 0.2) is 0 Å². The van der Waals surface area contributed by atoms with Crippen LogP contribution in [0.5, 0.6) is 0 Å². The summed E-state index contributed by atoms with van der Waals surface area (Å²) in [5.74, 6) is -1.21. The van der Waals surface area contributed by atoms with Gasteiger partial charge in [-0.05, 0) is 19.9 Å². The van der Waals surface area contributed by atoms with Gasteiger partial charge < -0.3 is 10.1 Å². The van der Waals surface area contributed by atoms with Crippen molar-refractivity contribution in [2.75, 3.05) is 31.2 Å². The van der Waals surface area contributed by atoms with Gasteiger partial charge in [0.15, 0.2) is 9.84 Å².